The van der Waals surface area contributed by atoms with E-state index in [-0.39, 0.29) is 5.54 Å². The van der Waals surface area contributed by atoms with Crippen molar-refractivity contribution < 1.29 is 4.74 Å². The van der Waals surface area contributed by atoms with Gasteiger partial charge in [0, 0.05) is 11.2 Å². The second kappa shape index (κ2) is 5.33. The summed E-state index contributed by atoms with van der Waals surface area (Å²) >= 11 is 0. The molecule has 0 aromatic heterocycles. The van der Waals surface area contributed by atoms with E-state index in [1.807, 2.05) is 43.4 Å². The van der Waals surface area contributed by atoms with E-state index in [0.717, 1.165) is 17.2 Å². The molecule has 19 heavy (non-hydrogen) atoms. The van der Waals surface area contributed by atoms with Gasteiger partial charge in [0.05, 0.1) is 0 Å². The highest BCUT2D eigenvalue weighted by atomic mass is 16.5. The van der Waals surface area contributed by atoms with Gasteiger partial charge in [-0.25, -0.2) is 0 Å². The second-order valence-corrected chi connectivity index (χ2v) is 5.07. The fourth-order valence-corrected chi connectivity index (χ4v) is 1.76. The van der Waals surface area contributed by atoms with Crippen molar-refractivity contribution in [2.75, 3.05) is 12.8 Å². The number of ether oxygens (including phenoxy) is 1. The first-order valence-corrected chi connectivity index (χ1v) is 6.34. The van der Waals surface area contributed by atoms with Crippen LogP contribution in [-0.2, 0) is 5.54 Å². The number of anilines is 1. The zero-order valence-electron chi connectivity index (χ0n) is 11.6. The van der Waals surface area contributed by atoms with Crippen LogP contribution in [0.5, 0.6) is 11.5 Å². The summed E-state index contributed by atoms with van der Waals surface area (Å²) in [6, 6.07) is 15.5. The van der Waals surface area contributed by atoms with Crippen LogP contribution in [0.15, 0.2) is 48.5 Å². The molecule has 0 saturated carbocycles. The van der Waals surface area contributed by atoms with Gasteiger partial charge in [0.25, 0.3) is 0 Å². The number of rotatable bonds is 4. The SMILES string of the molecule is CNC(C)(C)c1ccc(Oc2ccc(N)cc2)cc1. The first-order chi connectivity index (χ1) is 9.01. The van der Waals surface area contributed by atoms with Gasteiger partial charge in [0.1, 0.15) is 11.5 Å². The van der Waals surface area contributed by atoms with Gasteiger partial charge in [0.15, 0.2) is 0 Å². The topological polar surface area (TPSA) is 47.3 Å². The van der Waals surface area contributed by atoms with Crippen LogP contribution in [0.1, 0.15) is 19.4 Å². The van der Waals surface area contributed by atoms with Crippen molar-refractivity contribution in [3.63, 3.8) is 0 Å². The molecule has 2 aromatic carbocycles. The van der Waals surface area contributed by atoms with Crippen LogP contribution in [-0.4, -0.2) is 7.05 Å². The van der Waals surface area contributed by atoms with Crippen LogP contribution < -0.4 is 15.8 Å². The molecule has 2 aromatic rings. The predicted octanol–water partition coefficient (Wildman–Crippen LogP) is 3.52. The lowest BCUT2D eigenvalue weighted by molar-refractivity contribution is 0.442. The Labute approximate surface area is 114 Å². The lowest BCUT2D eigenvalue weighted by Crippen LogP contribution is -2.32. The molecular weight excluding hydrogens is 236 g/mol. The third-order valence-electron chi connectivity index (χ3n) is 3.32. The van der Waals surface area contributed by atoms with Gasteiger partial charge in [0.2, 0.25) is 0 Å². The maximum absolute atomic E-state index is 5.76. The Morgan fingerprint density at radius 1 is 0.895 bits per heavy atom. The molecule has 0 heterocycles. The van der Waals surface area contributed by atoms with Crippen LogP contribution in [0.25, 0.3) is 0 Å². The third kappa shape index (κ3) is 3.26. The molecule has 0 aliphatic rings. The summed E-state index contributed by atoms with van der Waals surface area (Å²) in [7, 11) is 1.96. The Balaban J connectivity index is 2.13. The average Bonchev–Trinajstić information content (AvgIpc) is 2.42. The van der Waals surface area contributed by atoms with Crippen molar-refractivity contribution in [2.45, 2.75) is 19.4 Å². The molecule has 0 aliphatic heterocycles. The summed E-state index contributed by atoms with van der Waals surface area (Å²) in [5.74, 6) is 1.61. The van der Waals surface area contributed by atoms with Crippen LogP contribution in [0.3, 0.4) is 0 Å². The van der Waals surface area contributed by atoms with Crippen molar-refractivity contribution in [3.8, 4) is 11.5 Å². The summed E-state index contributed by atoms with van der Waals surface area (Å²) in [6.45, 7) is 4.28. The van der Waals surface area contributed by atoms with Gasteiger partial charge in [-0.2, -0.15) is 0 Å². The fourth-order valence-electron chi connectivity index (χ4n) is 1.76. The Morgan fingerprint density at radius 3 is 1.84 bits per heavy atom. The van der Waals surface area contributed by atoms with Gasteiger partial charge in [-0.15, -0.1) is 0 Å². The molecule has 0 atom stereocenters. The summed E-state index contributed by atoms with van der Waals surface area (Å²) < 4.78 is 5.76. The van der Waals surface area contributed by atoms with Crippen molar-refractivity contribution in [1.82, 2.24) is 5.32 Å². The lowest BCUT2D eigenvalue weighted by atomic mass is 9.95. The van der Waals surface area contributed by atoms with Crippen LogP contribution in [0.2, 0.25) is 0 Å². The highest BCUT2D eigenvalue weighted by Crippen LogP contribution is 2.26. The van der Waals surface area contributed by atoms with Gasteiger partial charge in [-0.3, -0.25) is 0 Å². The molecule has 100 valence electrons. The van der Waals surface area contributed by atoms with Crippen molar-refractivity contribution in [2.24, 2.45) is 0 Å². The Kier molecular flexibility index (Phi) is 3.76. The normalized spacial score (nSPS) is 11.3. The van der Waals surface area contributed by atoms with Crippen LogP contribution in [0, 0.1) is 0 Å². The molecule has 0 amide bonds. The monoisotopic (exact) mass is 256 g/mol. The molecule has 0 saturated heterocycles. The number of nitrogens with two attached hydrogens (primary N) is 1. The molecule has 3 heteroatoms. The number of nitrogen functional groups attached to an aromatic ring is 1. The molecule has 0 fully saturated rings. The molecular formula is C16H20N2O. The number of hydrogen-bond acceptors (Lipinski definition) is 3. The van der Waals surface area contributed by atoms with Crippen molar-refractivity contribution >= 4 is 5.69 Å². The number of nitrogens with one attached hydrogen (secondary N) is 1. The summed E-state index contributed by atoms with van der Waals surface area (Å²) in [6.07, 6.45) is 0. The lowest BCUT2D eigenvalue weighted by Gasteiger charge is -2.24. The summed E-state index contributed by atoms with van der Waals surface area (Å²) in [4.78, 5) is 0. The van der Waals surface area contributed by atoms with E-state index in [2.05, 4.69) is 31.3 Å². The van der Waals surface area contributed by atoms with E-state index in [0.29, 0.717) is 0 Å². The van der Waals surface area contributed by atoms with Crippen molar-refractivity contribution in [3.05, 3.63) is 54.1 Å². The number of benzene rings is 2. The van der Waals surface area contributed by atoms with Gasteiger partial charge >= 0.3 is 0 Å². The largest absolute Gasteiger partial charge is 0.457 e. The van der Waals surface area contributed by atoms with E-state index in [4.69, 9.17) is 10.5 Å². The minimum atomic E-state index is -0.0419. The second-order valence-electron chi connectivity index (χ2n) is 5.07. The zero-order valence-corrected chi connectivity index (χ0v) is 11.6. The Morgan fingerprint density at radius 2 is 1.37 bits per heavy atom. The Hall–Kier alpha value is -2.00. The third-order valence-corrected chi connectivity index (χ3v) is 3.32. The summed E-state index contributed by atoms with van der Waals surface area (Å²) in [5, 5.41) is 3.28. The highest BCUT2D eigenvalue weighted by molar-refractivity contribution is 5.43. The van der Waals surface area contributed by atoms with E-state index in [1.165, 1.54) is 5.56 Å². The zero-order chi connectivity index (χ0) is 13.9. The van der Waals surface area contributed by atoms with Gasteiger partial charge in [-0.1, -0.05) is 12.1 Å². The molecule has 0 bridgehead atoms. The van der Waals surface area contributed by atoms with Crippen LogP contribution >= 0.6 is 0 Å². The first-order valence-electron chi connectivity index (χ1n) is 6.34. The standard InChI is InChI=1S/C16H20N2O/c1-16(2,18-3)12-4-8-14(9-5-12)19-15-10-6-13(17)7-11-15/h4-11,18H,17H2,1-3H3. The Bertz CT molecular complexity index is 530. The minimum absolute atomic E-state index is 0.0419. The molecule has 0 aliphatic carbocycles. The van der Waals surface area contributed by atoms with Gasteiger partial charge in [-0.05, 0) is 62.9 Å². The molecule has 0 spiro atoms. The quantitative estimate of drug-likeness (QED) is 0.823. The van der Waals surface area contributed by atoms with E-state index in [1.54, 1.807) is 0 Å². The smallest absolute Gasteiger partial charge is 0.127 e. The predicted molar refractivity (Wildman–Crippen MR) is 79.5 cm³/mol. The number of hydrogen-bond donors (Lipinski definition) is 2. The van der Waals surface area contributed by atoms with E-state index < -0.39 is 0 Å². The maximum Gasteiger partial charge on any atom is 0.127 e. The molecule has 3 nitrogen and oxygen atoms in total. The van der Waals surface area contributed by atoms with Crippen molar-refractivity contribution in [1.29, 1.82) is 0 Å². The van der Waals surface area contributed by atoms with Crippen LogP contribution in [0.4, 0.5) is 5.69 Å². The van der Waals surface area contributed by atoms with Gasteiger partial charge < -0.3 is 15.8 Å². The van der Waals surface area contributed by atoms with E-state index >= 15 is 0 Å². The first kappa shape index (κ1) is 13.4. The molecule has 0 radical (unpaired) electrons. The molecule has 3 N–H and O–H groups in total. The highest BCUT2D eigenvalue weighted by Gasteiger charge is 2.17. The fraction of sp³-hybridized carbons (Fsp3) is 0.250. The summed E-state index contributed by atoms with van der Waals surface area (Å²) in [5.41, 5.74) is 7.56. The average molecular weight is 256 g/mol. The molecule has 0 unspecified atom stereocenters. The van der Waals surface area contributed by atoms with E-state index in [9.17, 15) is 0 Å². The maximum atomic E-state index is 5.76. The minimum Gasteiger partial charge on any atom is -0.457 e. The molecule has 2 rings (SSSR count).